The summed E-state index contributed by atoms with van der Waals surface area (Å²) >= 11 is 0. The van der Waals surface area contributed by atoms with Crippen LogP contribution in [0.3, 0.4) is 0 Å². The summed E-state index contributed by atoms with van der Waals surface area (Å²) < 4.78 is 0. The van der Waals surface area contributed by atoms with Gasteiger partial charge in [-0.15, -0.1) is 0 Å². The molecule has 26 heavy (non-hydrogen) atoms. The molecule has 0 radical (unpaired) electrons. The molecule has 0 saturated carbocycles. The van der Waals surface area contributed by atoms with Crippen molar-refractivity contribution >= 4 is 0 Å². The second-order valence-electron chi connectivity index (χ2n) is 11.5. The van der Waals surface area contributed by atoms with Crippen LogP contribution in [0, 0.1) is 17.3 Å². The summed E-state index contributed by atoms with van der Waals surface area (Å²) in [5, 5.41) is 0. The Bertz CT molecular complexity index is 431. The van der Waals surface area contributed by atoms with E-state index in [1.807, 2.05) is 0 Å². The summed E-state index contributed by atoms with van der Waals surface area (Å²) in [5.41, 5.74) is 0.835. The van der Waals surface area contributed by atoms with Gasteiger partial charge in [-0.05, 0) is 103 Å². The molecule has 3 heterocycles. The fraction of sp³-hybridized carbons (Fsp3) is 1.00. The van der Waals surface area contributed by atoms with Crippen LogP contribution in [0.1, 0.15) is 73.6 Å². The maximum absolute atomic E-state index is 2.83. The van der Waals surface area contributed by atoms with Crippen molar-refractivity contribution in [3.63, 3.8) is 0 Å². The lowest BCUT2D eigenvalue weighted by atomic mass is 9.80. The van der Waals surface area contributed by atoms with Gasteiger partial charge in [0, 0.05) is 24.7 Å². The average molecular weight is 364 g/mol. The van der Waals surface area contributed by atoms with E-state index in [1.54, 1.807) is 0 Å². The van der Waals surface area contributed by atoms with Gasteiger partial charge >= 0.3 is 0 Å². The van der Waals surface area contributed by atoms with Crippen LogP contribution in [0.2, 0.25) is 0 Å². The van der Waals surface area contributed by atoms with Gasteiger partial charge in [-0.1, -0.05) is 20.8 Å². The molecule has 1 unspecified atom stereocenters. The fourth-order valence-corrected chi connectivity index (χ4v) is 5.44. The highest BCUT2D eigenvalue weighted by Crippen LogP contribution is 2.35. The average Bonchev–Trinajstić information content (AvgIpc) is 3.05. The summed E-state index contributed by atoms with van der Waals surface area (Å²) in [6, 6.07) is 0.862. The lowest BCUT2D eigenvalue weighted by Gasteiger charge is -2.43. The van der Waals surface area contributed by atoms with Gasteiger partial charge in [0.1, 0.15) is 0 Å². The van der Waals surface area contributed by atoms with Crippen LogP contribution in [0.25, 0.3) is 0 Å². The van der Waals surface area contributed by atoms with Crippen molar-refractivity contribution in [3.8, 4) is 0 Å². The maximum atomic E-state index is 2.83. The van der Waals surface area contributed by atoms with Crippen molar-refractivity contribution in [3.05, 3.63) is 0 Å². The zero-order valence-electron chi connectivity index (χ0n) is 18.6. The summed E-state index contributed by atoms with van der Waals surface area (Å²) in [7, 11) is 0. The molecule has 3 rings (SSSR count). The second kappa shape index (κ2) is 8.09. The Morgan fingerprint density at radius 3 is 1.85 bits per heavy atom. The standard InChI is InChI=1S/C23H45N3/c1-22(2,3)20-9-14-25(18-20)21-10-12-24(13-11-21)17-19-7-15-26(16-8-19)23(4,5)6/h19-21H,7-18H2,1-6H3. The van der Waals surface area contributed by atoms with Crippen molar-refractivity contribution < 1.29 is 0 Å². The molecular weight excluding hydrogens is 318 g/mol. The summed E-state index contributed by atoms with van der Waals surface area (Å²) in [5.74, 6) is 1.83. The third-order valence-electron chi connectivity index (χ3n) is 7.60. The molecule has 0 aromatic carbocycles. The Kier molecular flexibility index (Phi) is 6.41. The Morgan fingerprint density at radius 1 is 0.731 bits per heavy atom. The molecule has 0 aromatic heterocycles. The van der Waals surface area contributed by atoms with Gasteiger partial charge in [0.15, 0.2) is 0 Å². The molecule has 0 aromatic rings. The van der Waals surface area contributed by atoms with Crippen LogP contribution in [-0.4, -0.2) is 72.1 Å². The molecule has 152 valence electrons. The van der Waals surface area contributed by atoms with Crippen molar-refractivity contribution in [2.45, 2.75) is 85.2 Å². The van der Waals surface area contributed by atoms with Gasteiger partial charge in [0.25, 0.3) is 0 Å². The minimum atomic E-state index is 0.351. The number of nitrogens with zero attached hydrogens (tertiary/aromatic N) is 3. The molecule has 3 nitrogen and oxygen atoms in total. The van der Waals surface area contributed by atoms with E-state index in [0.717, 1.165) is 17.9 Å². The predicted molar refractivity (Wildman–Crippen MR) is 113 cm³/mol. The number of piperidine rings is 2. The Hall–Kier alpha value is -0.120. The topological polar surface area (TPSA) is 9.72 Å². The summed E-state index contributed by atoms with van der Waals surface area (Å²) in [6.07, 6.45) is 7.01. The van der Waals surface area contributed by atoms with Crippen molar-refractivity contribution in [2.75, 3.05) is 45.8 Å². The van der Waals surface area contributed by atoms with Crippen LogP contribution >= 0.6 is 0 Å². The van der Waals surface area contributed by atoms with Gasteiger partial charge in [0.05, 0.1) is 0 Å². The van der Waals surface area contributed by atoms with Gasteiger partial charge in [-0.3, -0.25) is 9.80 Å². The van der Waals surface area contributed by atoms with E-state index in [-0.39, 0.29) is 0 Å². The second-order valence-corrected chi connectivity index (χ2v) is 11.5. The Labute approximate surface area is 163 Å². The first kappa shape index (κ1) is 20.6. The molecule has 0 bridgehead atoms. The first-order valence-electron chi connectivity index (χ1n) is 11.3. The fourth-order valence-electron chi connectivity index (χ4n) is 5.44. The molecule has 0 aliphatic carbocycles. The van der Waals surface area contributed by atoms with Gasteiger partial charge in [-0.2, -0.15) is 0 Å². The predicted octanol–water partition coefficient (Wildman–Crippen LogP) is 4.33. The first-order chi connectivity index (χ1) is 12.1. The lowest BCUT2D eigenvalue weighted by Crippen LogP contribution is -2.49. The van der Waals surface area contributed by atoms with Gasteiger partial charge in [-0.25, -0.2) is 0 Å². The van der Waals surface area contributed by atoms with Crippen LogP contribution in [0.4, 0.5) is 0 Å². The van der Waals surface area contributed by atoms with E-state index in [4.69, 9.17) is 0 Å². The van der Waals surface area contributed by atoms with E-state index in [9.17, 15) is 0 Å². The zero-order chi connectivity index (χ0) is 18.9. The first-order valence-corrected chi connectivity index (χ1v) is 11.3. The smallest absolute Gasteiger partial charge is 0.0125 e. The van der Waals surface area contributed by atoms with Gasteiger partial charge < -0.3 is 4.90 Å². The zero-order valence-corrected chi connectivity index (χ0v) is 18.6. The molecule has 3 saturated heterocycles. The van der Waals surface area contributed by atoms with Crippen molar-refractivity contribution in [1.82, 2.24) is 14.7 Å². The molecule has 3 aliphatic rings. The molecule has 3 aliphatic heterocycles. The van der Waals surface area contributed by atoms with E-state index < -0.39 is 0 Å². The molecule has 0 N–H and O–H groups in total. The highest BCUT2D eigenvalue weighted by atomic mass is 15.2. The third-order valence-corrected chi connectivity index (χ3v) is 7.60. The lowest BCUT2D eigenvalue weighted by molar-refractivity contribution is 0.0610. The largest absolute Gasteiger partial charge is 0.303 e. The molecule has 1 atom stereocenters. The minimum absolute atomic E-state index is 0.351. The van der Waals surface area contributed by atoms with Gasteiger partial charge in [0.2, 0.25) is 0 Å². The van der Waals surface area contributed by atoms with E-state index >= 15 is 0 Å². The highest BCUT2D eigenvalue weighted by Gasteiger charge is 2.36. The third kappa shape index (κ3) is 5.23. The number of rotatable bonds is 3. The van der Waals surface area contributed by atoms with Crippen LogP contribution in [-0.2, 0) is 0 Å². The molecular formula is C23H45N3. The van der Waals surface area contributed by atoms with Crippen molar-refractivity contribution in [2.24, 2.45) is 17.3 Å². The highest BCUT2D eigenvalue weighted by molar-refractivity contribution is 4.90. The summed E-state index contributed by atoms with van der Waals surface area (Å²) in [4.78, 5) is 8.29. The molecule has 3 fully saturated rings. The maximum Gasteiger partial charge on any atom is 0.0125 e. The Balaban J connectivity index is 1.37. The number of hydrogen-bond donors (Lipinski definition) is 0. The van der Waals surface area contributed by atoms with E-state index in [1.165, 1.54) is 77.9 Å². The Morgan fingerprint density at radius 2 is 1.35 bits per heavy atom. The van der Waals surface area contributed by atoms with Crippen molar-refractivity contribution in [1.29, 1.82) is 0 Å². The normalized spacial score (nSPS) is 29.5. The molecule has 3 heteroatoms. The van der Waals surface area contributed by atoms with Crippen LogP contribution < -0.4 is 0 Å². The number of likely N-dealkylation sites (tertiary alicyclic amines) is 3. The summed E-state index contributed by atoms with van der Waals surface area (Å²) in [6.45, 7) is 23.7. The molecule has 0 amide bonds. The van der Waals surface area contributed by atoms with E-state index in [2.05, 4.69) is 56.2 Å². The minimum Gasteiger partial charge on any atom is -0.303 e. The van der Waals surface area contributed by atoms with Crippen LogP contribution in [0.15, 0.2) is 0 Å². The quantitative estimate of drug-likeness (QED) is 0.739. The number of hydrogen-bond acceptors (Lipinski definition) is 3. The SMILES string of the molecule is CC(C)(C)C1CCN(C2CCN(CC3CCN(C(C)(C)C)CC3)CC2)C1. The van der Waals surface area contributed by atoms with Crippen LogP contribution in [0.5, 0.6) is 0 Å². The monoisotopic (exact) mass is 363 g/mol. The molecule has 0 spiro atoms. The van der Waals surface area contributed by atoms with E-state index in [0.29, 0.717) is 11.0 Å².